The van der Waals surface area contributed by atoms with Gasteiger partial charge < -0.3 is 9.84 Å². The van der Waals surface area contributed by atoms with Crippen LogP contribution in [0.1, 0.15) is 19.3 Å². The number of β-amino-alcohol motifs (C(OH)–C–C–N with tert-alkyl or cyclic N) is 1. The van der Waals surface area contributed by atoms with Crippen molar-refractivity contribution in [3.05, 3.63) is 0 Å². The fourth-order valence-corrected chi connectivity index (χ4v) is 3.75. The topological polar surface area (TPSA) is 87.2 Å². The molecule has 0 bridgehead atoms. The molecule has 0 saturated carbocycles. The van der Waals surface area contributed by atoms with Gasteiger partial charge in [0, 0.05) is 32.6 Å². The van der Waals surface area contributed by atoms with Crippen molar-refractivity contribution in [2.45, 2.75) is 19.3 Å². The molecule has 8 heteroatoms. The van der Waals surface area contributed by atoms with Gasteiger partial charge in [-0.05, 0) is 19.4 Å². The van der Waals surface area contributed by atoms with E-state index in [1.54, 1.807) is 0 Å². The second-order valence-electron chi connectivity index (χ2n) is 4.81. The Morgan fingerprint density at radius 2 is 2.00 bits per heavy atom. The lowest BCUT2D eigenvalue weighted by molar-refractivity contribution is -0.140. The van der Waals surface area contributed by atoms with Crippen LogP contribution in [0.3, 0.4) is 0 Å². The van der Waals surface area contributed by atoms with E-state index in [-0.39, 0.29) is 31.2 Å². The zero-order valence-corrected chi connectivity index (χ0v) is 12.8. The molecule has 0 aromatic rings. The molecule has 0 unspecified atom stereocenters. The summed E-state index contributed by atoms with van der Waals surface area (Å²) < 4.78 is 30.3. The number of carbonyl (C=O) groups is 1. The summed E-state index contributed by atoms with van der Waals surface area (Å²) in [6, 6.07) is 0. The van der Waals surface area contributed by atoms with Crippen molar-refractivity contribution < 1.29 is 23.1 Å². The average Bonchev–Trinajstić information content (AvgIpc) is 2.65. The van der Waals surface area contributed by atoms with Gasteiger partial charge in [0.25, 0.3) is 0 Å². The van der Waals surface area contributed by atoms with Gasteiger partial charge in [-0.15, -0.1) is 0 Å². The smallest absolute Gasteiger partial charge is 0.305 e. The summed E-state index contributed by atoms with van der Waals surface area (Å²) in [5.74, 6) is -0.410. The number of aliphatic hydroxyl groups is 1. The Bertz CT molecular complexity index is 399. The van der Waals surface area contributed by atoms with Crippen molar-refractivity contribution in [1.29, 1.82) is 0 Å². The van der Waals surface area contributed by atoms with Gasteiger partial charge in [-0.3, -0.25) is 9.69 Å². The Hall–Kier alpha value is -0.700. The van der Waals surface area contributed by atoms with Crippen molar-refractivity contribution in [3.8, 4) is 0 Å². The number of hydrogen-bond acceptors (Lipinski definition) is 6. The highest BCUT2D eigenvalue weighted by atomic mass is 32.2. The Morgan fingerprint density at radius 3 is 2.65 bits per heavy atom. The summed E-state index contributed by atoms with van der Waals surface area (Å²) >= 11 is 0. The van der Waals surface area contributed by atoms with Crippen molar-refractivity contribution in [2.75, 3.05) is 52.2 Å². The summed E-state index contributed by atoms with van der Waals surface area (Å²) in [6.45, 7) is 3.05. The fourth-order valence-electron chi connectivity index (χ4n) is 2.22. The van der Waals surface area contributed by atoms with Crippen LogP contribution in [0.15, 0.2) is 0 Å². The number of ether oxygens (including phenoxy) is 1. The van der Waals surface area contributed by atoms with E-state index in [0.29, 0.717) is 26.2 Å². The highest BCUT2D eigenvalue weighted by Crippen LogP contribution is 2.10. The van der Waals surface area contributed by atoms with E-state index in [1.807, 2.05) is 0 Å². The lowest BCUT2D eigenvalue weighted by Gasteiger charge is -2.21. The highest BCUT2D eigenvalue weighted by Gasteiger charge is 2.24. The molecule has 0 amide bonds. The molecular weight excluding hydrogens is 284 g/mol. The predicted octanol–water partition coefficient (Wildman–Crippen LogP) is -0.731. The van der Waals surface area contributed by atoms with Gasteiger partial charge in [0.2, 0.25) is 10.0 Å². The van der Waals surface area contributed by atoms with E-state index < -0.39 is 10.0 Å². The largest absolute Gasteiger partial charge is 0.469 e. The van der Waals surface area contributed by atoms with Crippen LogP contribution in [-0.4, -0.2) is 80.9 Å². The Kier molecular flexibility index (Phi) is 7.42. The molecule has 0 aromatic heterocycles. The number of methoxy groups -OCH3 is 1. The Balaban J connectivity index is 2.44. The second-order valence-corrected chi connectivity index (χ2v) is 6.90. The summed E-state index contributed by atoms with van der Waals surface area (Å²) in [5.41, 5.74) is 0. The van der Waals surface area contributed by atoms with Crippen LogP contribution in [0.4, 0.5) is 0 Å². The van der Waals surface area contributed by atoms with Gasteiger partial charge in [0.05, 0.1) is 19.5 Å². The van der Waals surface area contributed by atoms with Crippen LogP contribution >= 0.6 is 0 Å². The minimum atomic E-state index is -3.31. The molecule has 0 aromatic carbocycles. The first-order valence-electron chi connectivity index (χ1n) is 6.87. The molecule has 0 radical (unpaired) electrons. The first-order valence-corrected chi connectivity index (χ1v) is 8.48. The van der Waals surface area contributed by atoms with Crippen molar-refractivity contribution in [3.63, 3.8) is 0 Å². The molecule has 1 fully saturated rings. The number of nitrogens with zero attached hydrogens (tertiary/aromatic N) is 2. The Morgan fingerprint density at radius 1 is 1.25 bits per heavy atom. The summed E-state index contributed by atoms with van der Waals surface area (Å²) in [6.07, 6.45) is 1.17. The summed E-state index contributed by atoms with van der Waals surface area (Å²) in [7, 11) is -2.02. The summed E-state index contributed by atoms with van der Waals surface area (Å²) in [5, 5.41) is 8.91. The molecule has 1 heterocycles. The zero-order valence-electron chi connectivity index (χ0n) is 12.0. The van der Waals surface area contributed by atoms with Crippen molar-refractivity contribution in [2.24, 2.45) is 0 Å². The number of carbonyl (C=O) groups excluding carboxylic acids is 1. The summed E-state index contributed by atoms with van der Waals surface area (Å²) in [4.78, 5) is 13.0. The number of sulfonamides is 1. The van der Waals surface area contributed by atoms with Crippen LogP contribution in [0.2, 0.25) is 0 Å². The lowest BCUT2D eigenvalue weighted by atomic mass is 10.3. The molecule has 7 nitrogen and oxygen atoms in total. The molecule has 1 aliphatic rings. The second kappa shape index (κ2) is 8.56. The minimum Gasteiger partial charge on any atom is -0.469 e. The van der Waals surface area contributed by atoms with Crippen molar-refractivity contribution in [1.82, 2.24) is 9.21 Å². The standard InChI is InChI=1S/C12H24N2O5S/c1-19-12(16)4-2-11-20(17,18)14-6-3-5-13(7-8-14)9-10-15/h15H,2-11H2,1H3. The molecule has 0 atom stereocenters. The number of rotatable bonds is 7. The van der Waals surface area contributed by atoms with Crippen LogP contribution in [0.25, 0.3) is 0 Å². The molecule has 0 spiro atoms. The molecule has 1 aliphatic heterocycles. The maximum absolute atomic E-state index is 12.2. The molecule has 1 N–H and O–H groups in total. The van der Waals surface area contributed by atoms with Crippen LogP contribution in [-0.2, 0) is 19.6 Å². The molecule has 1 saturated heterocycles. The maximum atomic E-state index is 12.2. The molecular formula is C12H24N2O5S. The SMILES string of the molecule is COC(=O)CCCS(=O)(=O)N1CCCN(CCO)CC1. The molecule has 1 rings (SSSR count). The van der Waals surface area contributed by atoms with Gasteiger partial charge in [0.1, 0.15) is 0 Å². The Labute approximate surface area is 120 Å². The number of hydrogen-bond donors (Lipinski definition) is 1. The van der Waals surface area contributed by atoms with Gasteiger partial charge >= 0.3 is 5.97 Å². The van der Waals surface area contributed by atoms with Crippen LogP contribution in [0, 0.1) is 0 Å². The van der Waals surface area contributed by atoms with E-state index >= 15 is 0 Å². The monoisotopic (exact) mass is 308 g/mol. The lowest BCUT2D eigenvalue weighted by Crippen LogP contribution is -2.37. The van der Waals surface area contributed by atoms with E-state index in [0.717, 1.165) is 13.0 Å². The zero-order chi connectivity index (χ0) is 15.0. The normalized spacial score (nSPS) is 18.7. The van der Waals surface area contributed by atoms with E-state index in [9.17, 15) is 13.2 Å². The van der Waals surface area contributed by atoms with E-state index in [2.05, 4.69) is 9.64 Å². The van der Waals surface area contributed by atoms with Crippen LogP contribution in [0.5, 0.6) is 0 Å². The van der Waals surface area contributed by atoms with Gasteiger partial charge in [-0.2, -0.15) is 0 Å². The quantitative estimate of drug-likeness (QED) is 0.624. The van der Waals surface area contributed by atoms with E-state index in [4.69, 9.17) is 5.11 Å². The molecule has 0 aliphatic carbocycles. The van der Waals surface area contributed by atoms with Crippen LogP contribution < -0.4 is 0 Å². The average molecular weight is 308 g/mol. The minimum absolute atomic E-state index is 0.0257. The van der Waals surface area contributed by atoms with Gasteiger partial charge in [-0.25, -0.2) is 12.7 Å². The third kappa shape index (κ3) is 5.74. The predicted molar refractivity (Wildman–Crippen MR) is 74.8 cm³/mol. The molecule has 20 heavy (non-hydrogen) atoms. The number of aliphatic hydroxyl groups excluding tert-OH is 1. The number of esters is 1. The van der Waals surface area contributed by atoms with Gasteiger partial charge in [0.15, 0.2) is 0 Å². The fraction of sp³-hybridized carbons (Fsp3) is 0.917. The van der Waals surface area contributed by atoms with Crippen molar-refractivity contribution >= 4 is 16.0 Å². The third-order valence-corrected chi connectivity index (χ3v) is 5.32. The highest BCUT2D eigenvalue weighted by molar-refractivity contribution is 7.89. The van der Waals surface area contributed by atoms with E-state index in [1.165, 1.54) is 11.4 Å². The van der Waals surface area contributed by atoms with Gasteiger partial charge in [-0.1, -0.05) is 0 Å². The third-order valence-electron chi connectivity index (χ3n) is 3.37. The first-order chi connectivity index (χ1) is 9.49. The maximum Gasteiger partial charge on any atom is 0.305 e. The first kappa shape index (κ1) is 17.4. The molecule has 118 valence electrons.